The molecular formula is C20H28ClN3O2. The zero-order valence-electron chi connectivity index (χ0n) is 16.3. The van der Waals surface area contributed by atoms with E-state index in [2.05, 4.69) is 11.9 Å². The van der Waals surface area contributed by atoms with Crippen LogP contribution in [0.1, 0.15) is 58.3 Å². The maximum atomic E-state index is 12.9. The summed E-state index contributed by atoms with van der Waals surface area (Å²) in [4.78, 5) is 31.9. The molecule has 1 amide bonds. The van der Waals surface area contributed by atoms with Gasteiger partial charge in [0.25, 0.3) is 5.56 Å². The van der Waals surface area contributed by atoms with Crippen LogP contribution < -0.4 is 5.56 Å². The second-order valence-electron chi connectivity index (χ2n) is 6.87. The highest BCUT2D eigenvalue weighted by Crippen LogP contribution is 2.24. The molecule has 0 saturated carbocycles. The van der Waals surface area contributed by atoms with Gasteiger partial charge in [-0.25, -0.2) is 4.98 Å². The van der Waals surface area contributed by atoms with Crippen molar-refractivity contribution in [2.75, 3.05) is 7.05 Å². The van der Waals surface area contributed by atoms with Crippen LogP contribution in [0.25, 0.3) is 10.9 Å². The van der Waals surface area contributed by atoms with Crippen molar-refractivity contribution in [3.05, 3.63) is 39.4 Å². The molecule has 0 spiro atoms. The van der Waals surface area contributed by atoms with Gasteiger partial charge >= 0.3 is 0 Å². The van der Waals surface area contributed by atoms with Crippen molar-refractivity contribution in [1.29, 1.82) is 0 Å². The largest absolute Gasteiger partial charge is 0.336 e. The molecular weight excluding hydrogens is 350 g/mol. The molecule has 0 aliphatic heterocycles. The molecule has 0 N–H and O–H groups in total. The summed E-state index contributed by atoms with van der Waals surface area (Å²) in [6, 6.07) is 4.76. The first kappa shape index (κ1) is 20.4. The van der Waals surface area contributed by atoms with Gasteiger partial charge < -0.3 is 4.90 Å². The number of aromatic nitrogens is 2. The van der Waals surface area contributed by atoms with Gasteiger partial charge in [-0.1, -0.05) is 38.3 Å². The van der Waals surface area contributed by atoms with E-state index in [1.54, 1.807) is 37.2 Å². The highest BCUT2D eigenvalue weighted by molar-refractivity contribution is 6.31. The first-order valence-electron chi connectivity index (χ1n) is 9.24. The van der Waals surface area contributed by atoms with Gasteiger partial charge in [-0.05, 0) is 38.0 Å². The van der Waals surface area contributed by atoms with E-state index < -0.39 is 0 Å². The molecule has 0 aliphatic carbocycles. The summed E-state index contributed by atoms with van der Waals surface area (Å²) in [6.07, 6.45) is 3.82. The topological polar surface area (TPSA) is 55.2 Å². The Hall–Kier alpha value is -1.88. The Balaban J connectivity index is 2.39. The quantitative estimate of drug-likeness (QED) is 0.721. The van der Waals surface area contributed by atoms with E-state index in [0.29, 0.717) is 21.7 Å². The second-order valence-corrected chi connectivity index (χ2v) is 7.30. The lowest BCUT2D eigenvalue weighted by Gasteiger charge is -2.29. The minimum Gasteiger partial charge on any atom is -0.336 e. The Bertz CT molecular complexity index is 847. The summed E-state index contributed by atoms with van der Waals surface area (Å²) < 4.78 is 1.53. The van der Waals surface area contributed by atoms with E-state index in [-0.39, 0.29) is 23.4 Å². The van der Waals surface area contributed by atoms with Crippen molar-refractivity contribution in [2.45, 2.75) is 52.5 Å². The first-order chi connectivity index (χ1) is 12.3. The molecule has 1 aromatic carbocycles. The number of hydrogen-bond acceptors (Lipinski definition) is 3. The average Bonchev–Trinajstić information content (AvgIpc) is 2.63. The monoisotopic (exact) mass is 377 g/mol. The fraction of sp³-hybridized carbons (Fsp3) is 0.550. The third-order valence-corrected chi connectivity index (χ3v) is 5.36. The highest BCUT2D eigenvalue weighted by Gasteiger charge is 2.26. The van der Waals surface area contributed by atoms with Crippen molar-refractivity contribution in [2.24, 2.45) is 13.0 Å². The van der Waals surface area contributed by atoms with Crippen LogP contribution in [0.5, 0.6) is 0 Å². The normalized spacial score (nSPS) is 13.6. The predicted octanol–water partition coefficient (Wildman–Crippen LogP) is 4.32. The van der Waals surface area contributed by atoms with Gasteiger partial charge in [0.2, 0.25) is 5.91 Å². The lowest BCUT2D eigenvalue weighted by Crippen LogP contribution is -2.37. The summed E-state index contributed by atoms with van der Waals surface area (Å²) in [5.41, 5.74) is 0.425. The number of carbonyl (C=O) groups is 1. The first-order valence-corrected chi connectivity index (χ1v) is 9.62. The van der Waals surface area contributed by atoms with Crippen LogP contribution in [0.2, 0.25) is 5.02 Å². The van der Waals surface area contributed by atoms with E-state index in [1.807, 2.05) is 13.8 Å². The molecule has 2 unspecified atom stereocenters. The van der Waals surface area contributed by atoms with Crippen molar-refractivity contribution >= 4 is 28.4 Å². The number of hydrogen-bond donors (Lipinski definition) is 0. The van der Waals surface area contributed by atoms with Gasteiger partial charge in [0, 0.05) is 25.0 Å². The Kier molecular flexibility index (Phi) is 6.81. The molecule has 1 aromatic heterocycles. The van der Waals surface area contributed by atoms with E-state index in [4.69, 9.17) is 11.6 Å². The van der Waals surface area contributed by atoms with E-state index in [9.17, 15) is 9.59 Å². The molecule has 2 atom stereocenters. The molecule has 1 heterocycles. The molecule has 0 fully saturated rings. The Morgan fingerprint density at radius 3 is 2.65 bits per heavy atom. The molecule has 0 saturated heterocycles. The van der Waals surface area contributed by atoms with Gasteiger partial charge in [-0.2, -0.15) is 0 Å². The summed E-state index contributed by atoms with van der Waals surface area (Å²) >= 11 is 6.05. The van der Waals surface area contributed by atoms with Gasteiger partial charge in [0.1, 0.15) is 5.82 Å². The van der Waals surface area contributed by atoms with Crippen LogP contribution in [0, 0.1) is 5.92 Å². The molecule has 26 heavy (non-hydrogen) atoms. The number of rotatable bonds is 7. The van der Waals surface area contributed by atoms with Crippen LogP contribution in [0.4, 0.5) is 0 Å². The van der Waals surface area contributed by atoms with Crippen molar-refractivity contribution in [3.8, 4) is 0 Å². The number of benzene rings is 1. The van der Waals surface area contributed by atoms with E-state index >= 15 is 0 Å². The SMILES string of the molecule is CCCCC(CC)C(=O)N(C)C(C)c1nc2cc(Cl)ccc2c(=O)n1C. The van der Waals surface area contributed by atoms with E-state index in [0.717, 1.165) is 25.7 Å². The van der Waals surface area contributed by atoms with Gasteiger partial charge in [-0.15, -0.1) is 0 Å². The third-order valence-electron chi connectivity index (χ3n) is 5.12. The Morgan fingerprint density at radius 1 is 1.35 bits per heavy atom. The van der Waals surface area contributed by atoms with Gasteiger partial charge in [0.15, 0.2) is 0 Å². The number of amides is 1. The Labute approximate surface area is 160 Å². The standard InChI is InChI=1S/C20H28ClN3O2/c1-6-8-9-14(7-2)19(25)23(4)13(3)18-22-17-12-15(21)10-11-16(17)20(26)24(18)5/h10-14H,6-9H2,1-5H3. The second kappa shape index (κ2) is 8.67. The predicted molar refractivity (Wildman–Crippen MR) is 106 cm³/mol. The molecule has 0 radical (unpaired) electrons. The highest BCUT2D eigenvalue weighted by atomic mass is 35.5. The van der Waals surface area contributed by atoms with Crippen LogP contribution in [0.15, 0.2) is 23.0 Å². The smallest absolute Gasteiger partial charge is 0.261 e. The number of unbranched alkanes of at least 4 members (excludes halogenated alkanes) is 1. The molecule has 2 aromatic rings. The summed E-state index contributed by atoms with van der Waals surface area (Å²) in [7, 11) is 3.48. The molecule has 0 bridgehead atoms. The van der Waals surface area contributed by atoms with Crippen molar-refractivity contribution in [3.63, 3.8) is 0 Å². The zero-order valence-corrected chi connectivity index (χ0v) is 17.0. The van der Waals surface area contributed by atoms with Gasteiger partial charge in [-0.3, -0.25) is 14.2 Å². The van der Waals surface area contributed by atoms with Crippen molar-refractivity contribution < 1.29 is 4.79 Å². The maximum absolute atomic E-state index is 12.9. The third kappa shape index (κ3) is 4.09. The lowest BCUT2D eigenvalue weighted by molar-refractivity contribution is -0.136. The van der Waals surface area contributed by atoms with Crippen LogP contribution in [0.3, 0.4) is 0 Å². The summed E-state index contributed by atoms with van der Waals surface area (Å²) in [5.74, 6) is 0.675. The number of nitrogens with zero attached hydrogens (tertiary/aromatic N) is 3. The summed E-state index contributed by atoms with van der Waals surface area (Å²) in [5, 5.41) is 1.06. The van der Waals surface area contributed by atoms with Gasteiger partial charge in [0.05, 0.1) is 16.9 Å². The minimum atomic E-state index is -0.306. The number of fused-ring (bicyclic) bond motifs is 1. The van der Waals surface area contributed by atoms with Crippen LogP contribution in [-0.4, -0.2) is 27.4 Å². The number of halogens is 1. The summed E-state index contributed by atoms with van der Waals surface area (Å²) in [6.45, 7) is 6.08. The zero-order chi connectivity index (χ0) is 19.4. The lowest BCUT2D eigenvalue weighted by atomic mass is 9.97. The van der Waals surface area contributed by atoms with Crippen LogP contribution >= 0.6 is 11.6 Å². The number of carbonyl (C=O) groups excluding carboxylic acids is 1. The van der Waals surface area contributed by atoms with Crippen LogP contribution in [-0.2, 0) is 11.8 Å². The molecule has 142 valence electrons. The maximum Gasteiger partial charge on any atom is 0.261 e. The fourth-order valence-corrected chi connectivity index (χ4v) is 3.41. The molecule has 6 heteroatoms. The van der Waals surface area contributed by atoms with Crippen molar-refractivity contribution in [1.82, 2.24) is 14.5 Å². The fourth-order valence-electron chi connectivity index (χ4n) is 3.24. The molecule has 0 aliphatic rings. The van der Waals surface area contributed by atoms with E-state index in [1.165, 1.54) is 4.57 Å². The molecule has 5 nitrogen and oxygen atoms in total. The average molecular weight is 378 g/mol. The Morgan fingerprint density at radius 2 is 2.04 bits per heavy atom. The minimum absolute atomic E-state index is 0.00864. The molecule has 2 rings (SSSR count).